The van der Waals surface area contributed by atoms with E-state index in [9.17, 15) is 9.59 Å². The van der Waals surface area contributed by atoms with E-state index in [2.05, 4.69) is 39.9 Å². The second-order valence-corrected chi connectivity index (χ2v) is 10.7. The smallest absolute Gasteiger partial charge is 0.413 e. The number of hydrogen-bond donors (Lipinski definition) is 1. The highest BCUT2D eigenvalue weighted by atomic mass is 16.5. The molecule has 34 heavy (non-hydrogen) atoms. The van der Waals surface area contributed by atoms with Gasteiger partial charge in [-0.05, 0) is 59.4 Å². The molecule has 1 aliphatic carbocycles. The Balaban J connectivity index is 1.43. The second-order valence-electron chi connectivity index (χ2n) is 10.7. The molecule has 2 fully saturated rings. The number of carbonyl (C=O) groups is 2. The van der Waals surface area contributed by atoms with Crippen LogP contribution in [0.1, 0.15) is 71.1 Å². The Morgan fingerprint density at radius 3 is 2.56 bits per heavy atom. The number of ether oxygens (including phenoxy) is 1. The molecular formula is C26H37N5O3. The lowest BCUT2D eigenvalue weighted by Gasteiger charge is -2.26. The average molecular weight is 468 g/mol. The van der Waals surface area contributed by atoms with Gasteiger partial charge in [-0.15, -0.1) is 0 Å². The lowest BCUT2D eigenvalue weighted by Crippen LogP contribution is -2.40. The number of amides is 3. The minimum atomic E-state index is -0.499. The predicted molar refractivity (Wildman–Crippen MR) is 132 cm³/mol. The molecule has 0 unspecified atom stereocenters. The minimum Gasteiger partial charge on any atom is -0.444 e. The van der Waals surface area contributed by atoms with Gasteiger partial charge in [0.05, 0.1) is 11.2 Å². The first kappa shape index (κ1) is 24.1. The Morgan fingerprint density at radius 1 is 1.18 bits per heavy atom. The first-order valence-electron chi connectivity index (χ1n) is 12.3. The number of aromatic nitrogens is 2. The van der Waals surface area contributed by atoms with Crippen LogP contribution in [-0.2, 0) is 16.9 Å². The van der Waals surface area contributed by atoms with Gasteiger partial charge in [0.25, 0.3) is 0 Å². The fraction of sp³-hybridized carbons (Fsp3) is 0.577. The Labute approximate surface area is 202 Å². The SMILES string of the molecule is CC(C)N1CCN([C@@H]2CC[C@H](c3cc(NC(=O)OCc4ccccc4)n(C(C)(C)C)n3)C2)C1=O. The van der Waals surface area contributed by atoms with Crippen molar-refractivity contribution in [2.45, 2.75) is 84.0 Å². The molecule has 2 heterocycles. The molecule has 1 aromatic heterocycles. The fourth-order valence-corrected chi connectivity index (χ4v) is 4.96. The summed E-state index contributed by atoms with van der Waals surface area (Å²) >= 11 is 0. The van der Waals surface area contributed by atoms with Gasteiger partial charge in [-0.25, -0.2) is 14.3 Å². The third kappa shape index (κ3) is 5.21. The molecular weight excluding hydrogens is 430 g/mol. The molecule has 0 bridgehead atoms. The lowest BCUT2D eigenvalue weighted by atomic mass is 10.0. The number of benzene rings is 1. The molecule has 1 N–H and O–H groups in total. The van der Waals surface area contributed by atoms with E-state index in [4.69, 9.17) is 9.84 Å². The van der Waals surface area contributed by atoms with E-state index in [0.29, 0.717) is 5.82 Å². The van der Waals surface area contributed by atoms with Crippen LogP contribution in [0.15, 0.2) is 36.4 Å². The highest BCUT2D eigenvalue weighted by molar-refractivity contribution is 5.83. The van der Waals surface area contributed by atoms with Gasteiger partial charge < -0.3 is 14.5 Å². The molecule has 4 rings (SSSR count). The number of urea groups is 1. The van der Waals surface area contributed by atoms with Crippen molar-refractivity contribution < 1.29 is 14.3 Å². The molecule has 3 amide bonds. The zero-order valence-electron chi connectivity index (χ0n) is 21.0. The standard InChI is InChI=1S/C26H37N5O3/c1-18(2)29-13-14-30(25(29)33)21-12-11-20(15-21)22-16-23(31(28-22)26(3,4)5)27-24(32)34-17-19-9-7-6-8-10-19/h6-10,16,18,20-21H,11-15,17H2,1-5H3,(H,27,32)/t20-,21+/m0/s1. The quantitative estimate of drug-likeness (QED) is 0.636. The number of nitrogens with zero attached hydrogens (tertiary/aromatic N) is 4. The van der Waals surface area contributed by atoms with Crippen molar-refractivity contribution in [1.82, 2.24) is 19.6 Å². The van der Waals surface area contributed by atoms with Crippen LogP contribution < -0.4 is 5.32 Å². The van der Waals surface area contributed by atoms with Gasteiger partial charge in [0.2, 0.25) is 0 Å². The summed E-state index contributed by atoms with van der Waals surface area (Å²) in [6.45, 7) is 12.1. The highest BCUT2D eigenvalue weighted by Gasteiger charge is 2.39. The summed E-state index contributed by atoms with van der Waals surface area (Å²) in [7, 11) is 0. The Kier molecular flexibility index (Phi) is 6.86. The third-order valence-electron chi connectivity index (χ3n) is 6.77. The van der Waals surface area contributed by atoms with Crippen molar-refractivity contribution in [1.29, 1.82) is 0 Å². The molecule has 1 saturated carbocycles. The summed E-state index contributed by atoms with van der Waals surface area (Å²) in [5.41, 5.74) is 1.59. The van der Waals surface area contributed by atoms with Crippen LogP contribution in [0.5, 0.6) is 0 Å². The minimum absolute atomic E-state index is 0.157. The summed E-state index contributed by atoms with van der Waals surface area (Å²) in [6, 6.07) is 12.2. The van der Waals surface area contributed by atoms with Gasteiger partial charge in [-0.1, -0.05) is 30.3 Å². The number of nitrogens with one attached hydrogen (secondary N) is 1. The van der Waals surface area contributed by atoms with Crippen molar-refractivity contribution >= 4 is 17.9 Å². The molecule has 1 aliphatic heterocycles. The Bertz CT molecular complexity index is 1010. The van der Waals surface area contributed by atoms with Crippen molar-refractivity contribution in [3.63, 3.8) is 0 Å². The average Bonchev–Trinajstić information content (AvgIpc) is 3.50. The molecule has 1 aromatic carbocycles. The first-order valence-corrected chi connectivity index (χ1v) is 12.3. The number of anilines is 1. The second kappa shape index (κ2) is 9.68. The van der Waals surface area contributed by atoms with Crippen LogP contribution in [0.4, 0.5) is 15.4 Å². The van der Waals surface area contributed by atoms with E-state index < -0.39 is 6.09 Å². The van der Waals surface area contributed by atoms with Crippen LogP contribution in [0.25, 0.3) is 0 Å². The zero-order chi connectivity index (χ0) is 24.5. The van der Waals surface area contributed by atoms with Crippen molar-refractivity contribution in [3.8, 4) is 0 Å². The Hall–Kier alpha value is -3.03. The van der Waals surface area contributed by atoms with Gasteiger partial charge >= 0.3 is 12.1 Å². The highest BCUT2D eigenvalue weighted by Crippen LogP contribution is 2.39. The maximum absolute atomic E-state index is 12.8. The summed E-state index contributed by atoms with van der Waals surface area (Å²) < 4.78 is 7.28. The number of carbonyl (C=O) groups excluding carboxylic acids is 2. The van der Waals surface area contributed by atoms with Gasteiger partial charge in [0.15, 0.2) is 0 Å². The molecule has 1 saturated heterocycles. The van der Waals surface area contributed by atoms with Crippen molar-refractivity contribution in [2.75, 3.05) is 18.4 Å². The monoisotopic (exact) mass is 467 g/mol. The first-order chi connectivity index (χ1) is 16.1. The summed E-state index contributed by atoms with van der Waals surface area (Å²) in [6.07, 6.45) is 2.36. The van der Waals surface area contributed by atoms with Gasteiger partial charge in [-0.3, -0.25) is 5.32 Å². The maximum atomic E-state index is 12.8. The van der Waals surface area contributed by atoms with E-state index in [1.807, 2.05) is 50.9 Å². The maximum Gasteiger partial charge on any atom is 0.413 e. The summed E-state index contributed by atoms with van der Waals surface area (Å²) in [5.74, 6) is 0.891. The molecule has 0 radical (unpaired) electrons. The van der Waals surface area contributed by atoms with E-state index in [1.165, 1.54) is 0 Å². The van der Waals surface area contributed by atoms with Crippen LogP contribution in [0, 0.1) is 0 Å². The van der Waals surface area contributed by atoms with Crippen molar-refractivity contribution in [3.05, 3.63) is 47.7 Å². The van der Waals surface area contributed by atoms with E-state index in [0.717, 1.165) is 43.6 Å². The topological polar surface area (TPSA) is 79.7 Å². The molecule has 2 aliphatic rings. The molecule has 0 spiro atoms. The van der Waals surface area contributed by atoms with Crippen LogP contribution >= 0.6 is 0 Å². The molecule has 2 aromatic rings. The molecule has 2 atom stereocenters. The molecule has 8 heteroatoms. The van der Waals surface area contributed by atoms with E-state index >= 15 is 0 Å². The molecule has 184 valence electrons. The normalized spacial score (nSPS) is 20.9. The van der Waals surface area contributed by atoms with Crippen molar-refractivity contribution in [2.24, 2.45) is 0 Å². The Morgan fingerprint density at radius 2 is 1.91 bits per heavy atom. The fourth-order valence-electron chi connectivity index (χ4n) is 4.96. The summed E-state index contributed by atoms with van der Waals surface area (Å²) in [4.78, 5) is 29.3. The van der Waals surface area contributed by atoms with E-state index in [-0.39, 0.29) is 36.2 Å². The number of rotatable bonds is 6. The summed E-state index contributed by atoms with van der Waals surface area (Å²) in [5, 5.41) is 7.78. The molecule has 8 nitrogen and oxygen atoms in total. The number of hydrogen-bond acceptors (Lipinski definition) is 4. The predicted octanol–water partition coefficient (Wildman–Crippen LogP) is 5.17. The third-order valence-corrected chi connectivity index (χ3v) is 6.77. The van der Waals surface area contributed by atoms with Crippen LogP contribution in [0.3, 0.4) is 0 Å². The largest absolute Gasteiger partial charge is 0.444 e. The zero-order valence-corrected chi connectivity index (χ0v) is 21.0. The van der Waals surface area contributed by atoms with Crippen LogP contribution in [0.2, 0.25) is 0 Å². The van der Waals surface area contributed by atoms with Gasteiger partial charge in [-0.2, -0.15) is 5.10 Å². The van der Waals surface area contributed by atoms with Crippen LogP contribution in [-0.4, -0.2) is 56.9 Å². The van der Waals surface area contributed by atoms with Gasteiger partial charge in [0, 0.05) is 37.2 Å². The van der Waals surface area contributed by atoms with Gasteiger partial charge in [0.1, 0.15) is 12.4 Å². The van der Waals surface area contributed by atoms with E-state index in [1.54, 1.807) is 0 Å². The lowest BCUT2D eigenvalue weighted by molar-refractivity contribution is 0.154.